The van der Waals surface area contributed by atoms with Crippen molar-refractivity contribution in [2.24, 2.45) is 0 Å². The Morgan fingerprint density at radius 1 is 1.09 bits per heavy atom. The molecular weight excluding hydrogens is 278 g/mol. The van der Waals surface area contributed by atoms with Gasteiger partial charge in [0.1, 0.15) is 13.2 Å². The Labute approximate surface area is 130 Å². The predicted molar refractivity (Wildman–Crippen MR) is 84.1 cm³/mol. The Kier molecular flexibility index (Phi) is 4.28. The molecule has 1 aliphatic rings. The Hall–Kier alpha value is -2.49. The fraction of sp³-hybridized carbons (Fsp3) is 0.278. The molecule has 0 aromatic heterocycles. The monoisotopic (exact) mass is 297 g/mol. The molecule has 0 spiro atoms. The Morgan fingerprint density at radius 3 is 2.59 bits per heavy atom. The molecular formula is C18H19NO3. The number of ether oxygens (including phenoxy) is 2. The van der Waals surface area contributed by atoms with Gasteiger partial charge in [0.05, 0.1) is 12.5 Å². The molecule has 3 rings (SSSR count). The molecule has 0 radical (unpaired) electrons. The van der Waals surface area contributed by atoms with Gasteiger partial charge in [0.15, 0.2) is 11.5 Å². The summed E-state index contributed by atoms with van der Waals surface area (Å²) in [4.78, 5) is 12.1. The Bertz CT molecular complexity index is 655. The third-order valence-corrected chi connectivity index (χ3v) is 3.65. The molecule has 4 nitrogen and oxygen atoms in total. The molecule has 0 aliphatic carbocycles. The van der Waals surface area contributed by atoms with Gasteiger partial charge in [-0.1, -0.05) is 36.4 Å². The van der Waals surface area contributed by atoms with Gasteiger partial charge in [0, 0.05) is 0 Å². The Balaban J connectivity index is 1.64. The van der Waals surface area contributed by atoms with Crippen LogP contribution in [-0.4, -0.2) is 19.1 Å². The highest BCUT2D eigenvalue weighted by Crippen LogP contribution is 2.32. The summed E-state index contributed by atoms with van der Waals surface area (Å²) in [7, 11) is 0. The second kappa shape index (κ2) is 6.52. The molecule has 22 heavy (non-hydrogen) atoms. The smallest absolute Gasteiger partial charge is 0.224 e. The summed E-state index contributed by atoms with van der Waals surface area (Å²) in [5, 5.41) is 3.02. The predicted octanol–water partition coefficient (Wildman–Crippen LogP) is 2.88. The maximum Gasteiger partial charge on any atom is 0.224 e. The molecule has 1 amide bonds. The van der Waals surface area contributed by atoms with E-state index in [2.05, 4.69) is 5.32 Å². The SMILES string of the molecule is C[C@H](NC(=O)Cc1ccccc1)c1ccc2c(c1)OCCO2. The second-order valence-corrected chi connectivity index (χ2v) is 5.35. The molecule has 1 aliphatic heterocycles. The molecule has 0 unspecified atom stereocenters. The summed E-state index contributed by atoms with van der Waals surface area (Å²) >= 11 is 0. The molecule has 1 atom stereocenters. The van der Waals surface area contributed by atoms with E-state index in [0.29, 0.717) is 19.6 Å². The highest BCUT2D eigenvalue weighted by molar-refractivity contribution is 5.79. The highest BCUT2D eigenvalue weighted by Gasteiger charge is 2.15. The summed E-state index contributed by atoms with van der Waals surface area (Å²) in [6.45, 7) is 3.11. The van der Waals surface area contributed by atoms with Crippen LogP contribution in [-0.2, 0) is 11.2 Å². The zero-order valence-electron chi connectivity index (χ0n) is 12.5. The van der Waals surface area contributed by atoms with Crippen LogP contribution < -0.4 is 14.8 Å². The van der Waals surface area contributed by atoms with Crippen molar-refractivity contribution >= 4 is 5.91 Å². The molecule has 1 N–H and O–H groups in total. The first-order valence-electron chi connectivity index (χ1n) is 7.45. The van der Waals surface area contributed by atoms with Crippen molar-refractivity contribution in [3.63, 3.8) is 0 Å². The van der Waals surface area contributed by atoms with Gasteiger partial charge < -0.3 is 14.8 Å². The van der Waals surface area contributed by atoms with Gasteiger partial charge in [0.25, 0.3) is 0 Å². The third-order valence-electron chi connectivity index (χ3n) is 3.65. The van der Waals surface area contributed by atoms with Crippen molar-refractivity contribution in [3.8, 4) is 11.5 Å². The summed E-state index contributed by atoms with van der Waals surface area (Å²) in [6.07, 6.45) is 0.385. The number of hydrogen-bond acceptors (Lipinski definition) is 3. The minimum Gasteiger partial charge on any atom is -0.486 e. The van der Waals surface area contributed by atoms with Crippen molar-refractivity contribution < 1.29 is 14.3 Å². The zero-order chi connectivity index (χ0) is 15.4. The van der Waals surface area contributed by atoms with Crippen LogP contribution in [0.2, 0.25) is 0 Å². The fourth-order valence-corrected chi connectivity index (χ4v) is 2.49. The lowest BCUT2D eigenvalue weighted by atomic mass is 10.1. The number of rotatable bonds is 4. The number of carbonyl (C=O) groups is 1. The van der Waals surface area contributed by atoms with Gasteiger partial charge in [-0.3, -0.25) is 4.79 Å². The van der Waals surface area contributed by atoms with E-state index in [1.165, 1.54) is 0 Å². The highest BCUT2D eigenvalue weighted by atomic mass is 16.6. The lowest BCUT2D eigenvalue weighted by Gasteiger charge is -2.21. The second-order valence-electron chi connectivity index (χ2n) is 5.35. The summed E-state index contributed by atoms with van der Waals surface area (Å²) in [6, 6.07) is 15.4. The van der Waals surface area contributed by atoms with Crippen LogP contribution in [0, 0.1) is 0 Å². The molecule has 0 fully saturated rings. The van der Waals surface area contributed by atoms with E-state index in [9.17, 15) is 4.79 Å². The standard InChI is InChI=1S/C18H19NO3/c1-13(19-18(20)11-14-5-3-2-4-6-14)15-7-8-16-17(12-15)22-10-9-21-16/h2-8,12-13H,9-11H2,1H3,(H,19,20)/t13-/m0/s1. The fourth-order valence-electron chi connectivity index (χ4n) is 2.49. The van der Waals surface area contributed by atoms with Crippen LogP contribution in [0.5, 0.6) is 11.5 Å². The molecule has 114 valence electrons. The largest absolute Gasteiger partial charge is 0.486 e. The minimum atomic E-state index is -0.0768. The van der Waals surface area contributed by atoms with Gasteiger partial charge in [-0.2, -0.15) is 0 Å². The van der Waals surface area contributed by atoms with Crippen molar-refractivity contribution in [3.05, 3.63) is 59.7 Å². The van der Waals surface area contributed by atoms with Crippen molar-refractivity contribution in [1.29, 1.82) is 0 Å². The van der Waals surface area contributed by atoms with E-state index >= 15 is 0 Å². The average molecular weight is 297 g/mol. The summed E-state index contributed by atoms with van der Waals surface area (Å²) < 4.78 is 11.1. The molecule has 2 aromatic carbocycles. The van der Waals surface area contributed by atoms with E-state index in [1.54, 1.807) is 0 Å². The van der Waals surface area contributed by atoms with Gasteiger partial charge in [0.2, 0.25) is 5.91 Å². The number of hydrogen-bond donors (Lipinski definition) is 1. The molecule has 0 saturated heterocycles. The van der Waals surface area contributed by atoms with Crippen molar-refractivity contribution in [1.82, 2.24) is 5.32 Å². The summed E-state index contributed by atoms with van der Waals surface area (Å²) in [5.41, 5.74) is 2.01. The molecule has 4 heteroatoms. The quantitative estimate of drug-likeness (QED) is 0.944. The number of carbonyl (C=O) groups excluding carboxylic acids is 1. The van der Waals surface area contributed by atoms with Crippen LogP contribution in [0.15, 0.2) is 48.5 Å². The van der Waals surface area contributed by atoms with E-state index in [-0.39, 0.29) is 11.9 Å². The lowest BCUT2D eigenvalue weighted by molar-refractivity contribution is -0.121. The average Bonchev–Trinajstić information content (AvgIpc) is 2.55. The van der Waals surface area contributed by atoms with Crippen LogP contribution in [0.4, 0.5) is 0 Å². The first-order valence-corrected chi connectivity index (χ1v) is 7.45. The van der Waals surface area contributed by atoms with Gasteiger partial charge in [-0.25, -0.2) is 0 Å². The van der Waals surface area contributed by atoms with E-state index in [1.807, 2.05) is 55.5 Å². The number of fused-ring (bicyclic) bond motifs is 1. The van der Waals surface area contributed by atoms with Gasteiger partial charge in [-0.15, -0.1) is 0 Å². The van der Waals surface area contributed by atoms with Gasteiger partial charge in [-0.05, 0) is 30.2 Å². The molecule has 0 bridgehead atoms. The van der Waals surface area contributed by atoms with Crippen LogP contribution >= 0.6 is 0 Å². The maximum atomic E-state index is 12.1. The number of amides is 1. The first-order chi connectivity index (χ1) is 10.7. The van der Waals surface area contributed by atoms with Crippen molar-refractivity contribution in [2.45, 2.75) is 19.4 Å². The van der Waals surface area contributed by atoms with E-state index in [0.717, 1.165) is 22.6 Å². The van der Waals surface area contributed by atoms with E-state index in [4.69, 9.17) is 9.47 Å². The molecule has 2 aromatic rings. The lowest BCUT2D eigenvalue weighted by Crippen LogP contribution is -2.28. The number of benzene rings is 2. The van der Waals surface area contributed by atoms with Crippen LogP contribution in [0.1, 0.15) is 24.1 Å². The topological polar surface area (TPSA) is 47.6 Å². The number of nitrogens with one attached hydrogen (secondary N) is 1. The van der Waals surface area contributed by atoms with E-state index < -0.39 is 0 Å². The first kappa shape index (κ1) is 14.4. The van der Waals surface area contributed by atoms with Crippen LogP contribution in [0.25, 0.3) is 0 Å². The molecule has 1 heterocycles. The van der Waals surface area contributed by atoms with Crippen molar-refractivity contribution in [2.75, 3.05) is 13.2 Å². The maximum absolute atomic E-state index is 12.1. The zero-order valence-corrected chi connectivity index (χ0v) is 12.5. The Morgan fingerprint density at radius 2 is 1.82 bits per heavy atom. The van der Waals surface area contributed by atoms with Gasteiger partial charge >= 0.3 is 0 Å². The molecule has 0 saturated carbocycles. The normalized spacial score (nSPS) is 14.2. The minimum absolute atomic E-state index is 0.00795. The van der Waals surface area contributed by atoms with Crippen LogP contribution in [0.3, 0.4) is 0 Å². The third kappa shape index (κ3) is 3.39. The summed E-state index contributed by atoms with van der Waals surface area (Å²) in [5.74, 6) is 1.51.